The van der Waals surface area contributed by atoms with E-state index in [1.54, 1.807) is 0 Å². The van der Waals surface area contributed by atoms with Crippen LogP contribution in [-0.2, 0) is 0 Å². The number of pyridine rings is 1. The molecule has 0 atom stereocenters. The zero-order chi connectivity index (χ0) is 8.43. The van der Waals surface area contributed by atoms with E-state index in [9.17, 15) is 9.59 Å². The molecule has 4 nitrogen and oxygen atoms in total. The van der Waals surface area contributed by atoms with Gasteiger partial charge in [-0.3, -0.25) is 4.79 Å². The molecule has 1 rings (SSSR count). The number of carboxylic acid groups (broad SMARTS) is 1. The highest BCUT2D eigenvalue weighted by molar-refractivity contribution is 6.32. The molecule has 0 saturated carbocycles. The minimum Gasteiger partial charge on any atom is -0.478 e. The van der Waals surface area contributed by atoms with E-state index < -0.39 is 11.5 Å². The van der Waals surface area contributed by atoms with Crippen LogP contribution in [0.5, 0.6) is 0 Å². The number of aromatic nitrogens is 1. The van der Waals surface area contributed by atoms with Gasteiger partial charge >= 0.3 is 5.97 Å². The van der Waals surface area contributed by atoms with Crippen molar-refractivity contribution in [1.82, 2.24) is 4.98 Å². The van der Waals surface area contributed by atoms with Gasteiger partial charge in [0.25, 0.3) is 0 Å². The molecule has 0 amide bonds. The van der Waals surface area contributed by atoms with E-state index in [4.69, 9.17) is 13.0 Å². The summed E-state index contributed by atoms with van der Waals surface area (Å²) < 4.78 is 0. The van der Waals surface area contributed by atoms with Gasteiger partial charge in [-0.2, -0.15) is 0 Å². The number of H-pyrrole nitrogens is 1. The van der Waals surface area contributed by atoms with Crippen molar-refractivity contribution < 1.29 is 9.90 Å². The molecule has 0 aliphatic carbocycles. The third-order valence-electron chi connectivity index (χ3n) is 1.18. The first-order valence-corrected chi connectivity index (χ1v) is 2.83. The summed E-state index contributed by atoms with van der Waals surface area (Å²) in [6, 6.07) is 1.11. The summed E-state index contributed by atoms with van der Waals surface area (Å²) in [5.74, 6) is -1.12. The average molecular weight is 149 g/mol. The Morgan fingerprint density at radius 2 is 2.27 bits per heavy atom. The summed E-state index contributed by atoms with van der Waals surface area (Å²) >= 11 is 0. The van der Waals surface area contributed by atoms with Crippen LogP contribution in [0.25, 0.3) is 0 Å². The Kier molecular flexibility index (Phi) is 1.80. The van der Waals surface area contributed by atoms with Gasteiger partial charge in [0, 0.05) is 6.20 Å². The molecule has 54 valence electrons. The number of rotatable bonds is 1. The van der Waals surface area contributed by atoms with Crippen molar-refractivity contribution in [1.29, 1.82) is 0 Å². The maximum Gasteiger partial charge on any atom is 0.337 e. The predicted octanol–water partition coefficient (Wildman–Crippen LogP) is -1.13. The lowest BCUT2D eigenvalue weighted by atomic mass is 9.97. The van der Waals surface area contributed by atoms with Gasteiger partial charge < -0.3 is 10.1 Å². The number of carbonyl (C=O) groups is 1. The third kappa shape index (κ3) is 1.49. The number of aromatic carboxylic acids is 1. The average Bonchev–Trinajstić information content (AvgIpc) is 1.94. The maximum absolute atomic E-state index is 10.6. The van der Waals surface area contributed by atoms with Crippen molar-refractivity contribution in [2.75, 3.05) is 0 Å². The van der Waals surface area contributed by atoms with Gasteiger partial charge in [-0.25, -0.2) is 4.79 Å². The summed E-state index contributed by atoms with van der Waals surface area (Å²) in [4.78, 5) is 23.1. The van der Waals surface area contributed by atoms with Gasteiger partial charge in [-0.1, -0.05) is 0 Å². The van der Waals surface area contributed by atoms with Gasteiger partial charge in [0.1, 0.15) is 7.85 Å². The number of hydrogen-bond donors (Lipinski definition) is 2. The molecule has 0 aliphatic heterocycles. The van der Waals surface area contributed by atoms with Crippen LogP contribution in [-0.4, -0.2) is 23.9 Å². The van der Waals surface area contributed by atoms with Crippen LogP contribution in [0, 0.1) is 0 Å². The summed E-state index contributed by atoms with van der Waals surface area (Å²) in [5, 5.41) is 8.42. The quantitative estimate of drug-likeness (QED) is 0.496. The minimum atomic E-state index is -1.12. The molecular formula is C6H4BNO3. The Bertz CT molecular complexity index is 344. The third-order valence-corrected chi connectivity index (χ3v) is 1.18. The number of nitrogens with one attached hydrogen (secondary N) is 1. The van der Waals surface area contributed by atoms with Gasteiger partial charge in [0.2, 0.25) is 5.56 Å². The Labute approximate surface area is 63.3 Å². The fourth-order valence-electron chi connectivity index (χ4n) is 0.625. The molecule has 0 aliphatic rings. The second-order valence-corrected chi connectivity index (χ2v) is 1.98. The van der Waals surface area contributed by atoms with Crippen LogP contribution in [0.3, 0.4) is 0 Å². The summed E-state index contributed by atoms with van der Waals surface area (Å²) in [6.07, 6.45) is 1.10. The first kappa shape index (κ1) is 7.59. The Balaban J connectivity index is 3.26. The number of aromatic amines is 1. The fourth-order valence-corrected chi connectivity index (χ4v) is 0.625. The molecule has 1 heterocycles. The highest BCUT2D eigenvalue weighted by Crippen LogP contribution is 1.88. The van der Waals surface area contributed by atoms with Crippen LogP contribution < -0.4 is 11.0 Å². The molecular weight excluding hydrogens is 145 g/mol. The topological polar surface area (TPSA) is 70.2 Å². The Hall–Kier alpha value is -1.52. The van der Waals surface area contributed by atoms with E-state index in [-0.39, 0.29) is 11.0 Å². The smallest absolute Gasteiger partial charge is 0.337 e. The zero-order valence-corrected chi connectivity index (χ0v) is 5.50. The summed E-state index contributed by atoms with van der Waals surface area (Å²) in [5.41, 5.74) is -0.595. The Morgan fingerprint density at radius 3 is 2.73 bits per heavy atom. The standard InChI is InChI=1S/C6H4BNO3/c7-4-1-3(6(10)11)2-8-5(4)9/h1-2H,(H,8,9)(H,10,11). The highest BCUT2D eigenvalue weighted by Gasteiger charge is 2.02. The van der Waals surface area contributed by atoms with E-state index in [0.717, 1.165) is 12.3 Å². The van der Waals surface area contributed by atoms with Crippen LogP contribution in [0.4, 0.5) is 0 Å². The van der Waals surface area contributed by atoms with Gasteiger partial charge in [0.05, 0.1) is 5.56 Å². The molecule has 1 aromatic rings. The van der Waals surface area contributed by atoms with E-state index in [0.29, 0.717) is 0 Å². The highest BCUT2D eigenvalue weighted by atomic mass is 16.4. The molecule has 5 heteroatoms. The first-order valence-electron chi connectivity index (χ1n) is 2.83. The molecule has 0 fully saturated rings. The minimum absolute atomic E-state index is 0.0258. The van der Waals surface area contributed by atoms with E-state index >= 15 is 0 Å². The summed E-state index contributed by atoms with van der Waals surface area (Å²) in [7, 11) is 5.15. The maximum atomic E-state index is 10.6. The van der Waals surface area contributed by atoms with Crippen molar-refractivity contribution in [3.8, 4) is 0 Å². The predicted molar refractivity (Wildman–Crippen MR) is 39.4 cm³/mol. The van der Waals surface area contributed by atoms with E-state index in [1.807, 2.05) is 0 Å². The number of carboxylic acids is 1. The van der Waals surface area contributed by atoms with Crippen LogP contribution in [0.1, 0.15) is 10.4 Å². The van der Waals surface area contributed by atoms with Crippen molar-refractivity contribution in [3.63, 3.8) is 0 Å². The molecule has 0 unspecified atom stereocenters. The largest absolute Gasteiger partial charge is 0.478 e. The van der Waals surface area contributed by atoms with Crippen molar-refractivity contribution in [2.45, 2.75) is 0 Å². The second kappa shape index (κ2) is 2.61. The molecule has 2 radical (unpaired) electrons. The molecule has 0 spiro atoms. The molecule has 2 N–H and O–H groups in total. The van der Waals surface area contributed by atoms with Crippen LogP contribution in [0.2, 0.25) is 0 Å². The second-order valence-electron chi connectivity index (χ2n) is 1.98. The lowest BCUT2D eigenvalue weighted by molar-refractivity contribution is 0.0696. The lowest BCUT2D eigenvalue weighted by Gasteiger charge is -1.93. The molecule has 11 heavy (non-hydrogen) atoms. The van der Waals surface area contributed by atoms with Crippen molar-refractivity contribution >= 4 is 19.3 Å². The van der Waals surface area contributed by atoms with E-state index in [1.165, 1.54) is 0 Å². The molecule has 0 aromatic carbocycles. The summed E-state index contributed by atoms with van der Waals surface area (Å²) in [6.45, 7) is 0. The van der Waals surface area contributed by atoms with Gasteiger partial charge in [0.15, 0.2) is 0 Å². The fraction of sp³-hybridized carbons (Fsp3) is 0. The van der Waals surface area contributed by atoms with E-state index in [2.05, 4.69) is 4.98 Å². The molecule has 0 bridgehead atoms. The van der Waals surface area contributed by atoms with Crippen LogP contribution in [0.15, 0.2) is 17.1 Å². The lowest BCUT2D eigenvalue weighted by Crippen LogP contribution is -2.28. The SMILES string of the molecule is [B]c1cc(C(=O)O)c[nH]c1=O. The van der Waals surface area contributed by atoms with Gasteiger partial charge in [-0.15, -0.1) is 0 Å². The van der Waals surface area contributed by atoms with Crippen molar-refractivity contribution in [2.24, 2.45) is 0 Å². The zero-order valence-electron chi connectivity index (χ0n) is 5.50. The normalized spacial score (nSPS) is 9.45. The molecule has 0 saturated heterocycles. The van der Waals surface area contributed by atoms with Gasteiger partial charge in [-0.05, 0) is 11.5 Å². The van der Waals surface area contributed by atoms with Crippen LogP contribution >= 0.6 is 0 Å². The first-order chi connectivity index (χ1) is 5.11. The molecule has 1 aromatic heterocycles. The van der Waals surface area contributed by atoms with Crippen molar-refractivity contribution in [3.05, 3.63) is 28.2 Å². The number of hydrogen-bond acceptors (Lipinski definition) is 2. The monoisotopic (exact) mass is 149 g/mol. The Morgan fingerprint density at radius 1 is 1.64 bits per heavy atom.